The monoisotopic (exact) mass is 319 g/mol. The summed E-state index contributed by atoms with van der Waals surface area (Å²) in [6, 6.07) is 5.09. The first kappa shape index (κ1) is 16.0. The first-order chi connectivity index (χ1) is 11.0. The van der Waals surface area contributed by atoms with Gasteiger partial charge in [0.15, 0.2) is 0 Å². The lowest BCUT2D eigenvalue weighted by Crippen LogP contribution is -2.60. The fourth-order valence-electron chi connectivity index (χ4n) is 2.98. The number of nitrogens with one attached hydrogen (secondary N) is 1. The third kappa shape index (κ3) is 3.09. The Labute approximate surface area is 135 Å². The van der Waals surface area contributed by atoms with Gasteiger partial charge in [-0.05, 0) is 37.7 Å². The molecule has 2 aromatic rings. The maximum Gasteiger partial charge on any atom is 0.270 e. The maximum atomic E-state index is 13.5. The average molecular weight is 319 g/mol. The minimum atomic E-state index is -0.292. The van der Waals surface area contributed by atoms with E-state index in [4.69, 9.17) is 4.74 Å². The summed E-state index contributed by atoms with van der Waals surface area (Å²) in [5.74, 6) is -0.322. The third-order valence-corrected chi connectivity index (χ3v) is 4.56. The number of carbonyl (C=O) groups is 1. The Morgan fingerprint density at radius 3 is 2.87 bits per heavy atom. The highest BCUT2D eigenvalue weighted by atomic mass is 19.1. The van der Waals surface area contributed by atoms with Crippen molar-refractivity contribution in [1.82, 2.24) is 14.8 Å². The standard InChI is InChI=1S/C17H22FN3O2/c1-11-6-12(18)7-15-14(11)8-16(19-15)17(22)21-9-13(10-21)20(2)4-5-23-3/h6-8,13,19H,4-5,9-10H2,1-3H3. The van der Waals surface area contributed by atoms with Gasteiger partial charge in [0.1, 0.15) is 11.5 Å². The number of hydrogen-bond donors (Lipinski definition) is 1. The van der Waals surface area contributed by atoms with Gasteiger partial charge in [0.05, 0.1) is 6.61 Å². The molecule has 0 saturated carbocycles. The molecule has 1 aliphatic heterocycles. The second-order valence-electron chi connectivity index (χ2n) is 6.20. The van der Waals surface area contributed by atoms with Crippen LogP contribution < -0.4 is 0 Å². The van der Waals surface area contributed by atoms with Crippen molar-refractivity contribution in [3.8, 4) is 0 Å². The van der Waals surface area contributed by atoms with Gasteiger partial charge >= 0.3 is 0 Å². The van der Waals surface area contributed by atoms with E-state index < -0.39 is 0 Å². The quantitative estimate of drug-likeness (QED) is 0.917. The number of aromatic nitrogens is 1. The predicted molar refractivity (Wildman–Crippen MR) is 87.2 cm³/mol. The number of rotatable bonds is 5. The minimum Gasteiger partial charge on any atom is -0.383 e. The molecule has 0 unspecified atom stereocenters. The summed E-state index contributed by atoms with van der Waals surface area (Å²) in [6.07, 6.45) is 0. The molecule has 3 rings (SSSR count). The van der Waals surface area contributed by atoms with Crippen molar-refractivity contribution in [2.75, 3.05) is 40.4 Å². The molecule has 1 N–H and O–H groups in total. The molecular formula is C17H22FN3O2. The summed E-state index contributed by atoms with van der Waals surface area (Å²) in [5, 5.41) is 0.893. The SMILES string of the molecule is COCCN(C)C1CN(C(=O)c2cc3c(C)cc(F)cc3[nH]2)C1. The van der Waals surface area contributed by atoms with Gasteiger partial charge in [0, 0.05) is 43.7 Å². The van der Waals surface area contributed by atoms with Crippen LogP contribution in [0.15, 0.2) is 18.2 Å². The molecule has 1 aromatic heterocycles. The molecule has 0 atom stereocenters. The van der Waals surface area contributed by atoms with Crippen LogP contribution in [0.3, 0.4) is 0 Å². The molecule has 1 aliphatic rings. The molecular weight excluding hydrogens is 297 g/mol. The molecule has 1 amide bonds. The molecule has 1 saturated heterocycles. The summed E-state index contributed by atoms with van der Waals surface area (Å²) in [4.78, 5) is 19.6. The molecule has 6 heteroatoms. The first-order valence-electron chi connectivity index (χ1n) is 7.77. The second kappa shape index (κ2) is 6.29. The number of carbonyl (C=O) groups excluding carboxylic acids is 1. The van der Waals surface area contributed by atoms with Crippen molar-refractivity contribution in [3.63, 3.8) is 0 Å². The Kier molecular flexibility index (Phi) is 4.37. The smallest absolute Gasteiger partial charge is 0.270 e. The molecule has 23 heavy (non-hydrogen) atoms. The van der Waals surface area contributed by atoms with Gasteiger partial charge in [-0.3, -0.25) is 9.69 Å². The number of H-pyrrole nitrogens is 1. The van der Waals surface area contributed by atoms with Gasteiger partial charge < -0.3 is 14.6 Å². The Balaban J connectivity index is 1.67. The van der Waals surface area contributed by atoms with Crippen molar-refractivity contribution in [1.29, 1.82) is 0 Å². The van der Waals surface area contributed by atoms with E-state index in [1.54, 1.807) is 7.11 Å². The largest absolute Gasteiger partial charge is 0.383 e. The van der Waals surface area contributed by atoms with Gasteiger partial charge in [-0.1, -0.05) is 0 Å². The number of hydrogen-bond acceptors (Lipinski definition) is 3. The number of halogens is 1. The van der Waals surface area contributed by atoms with Crippen molar-refractivity contribution in [2.45, 2.75) is 13.0 Å². The Morgan fingerprint density at radius 2 is 2.17 bits per heavy atom. The number of likely N-dealkylation sites (N-methyl/N-ethyl adjacent to an activating group) is 1. The Bertz CT molecular complexity index is 722. The predicted octanol–water partition coefficient (Wildman–Crippen LogP) is 2.02. The molecule has 0 aliphatic carbocycles. The zero-order valence-corrected chi connectivity index (χ0v) is 13.7. The van der Waals surface area contributed by atoms with Crippen molar-refractivity contribution >= 4 is 16.8 Å². The highest BCUT2D eigenvalue weighted by Gasteiger charge is 2.34. The highest BCUT2D eigenvalue weighted by Crippen LogP contribution is 2.23. The molecule has 0 spiro atoms. The second-order valence-corrected chi connectivity index (χ2v) is 6.20. The molecule has 2 heterocycles. The van der Waals surface area contributed by atoms with Crippen LogP contribution in [0, 0.1) is 12.7 Å². The van der Waals surface area contributed by atoms with E-state index in [0.717, 1.165) is 17.5 Å². The van der Waals surface area contributed by atoms with Crippen LogP contribution in [0.4, 0.5) is 4.39 Å². The van der Waals surface area contributed by atoms with Crippen molar-refractivity contribution < 1.29 is 13.9 Å². The van der Waals surface area contributed by atoms with Crippen LogP contribution in [-0.2, 0) is 4.74 Å². The van der Waals surface area contributed by atoms with E-state index in [-0.39, 0.29) is 11.7 Å². The number of ether oxygens (including phenoxy) is 1. The number of fused-ring (bicyclic) bond motifs is 1. The Morgan fingerprint density at radius 1 is 1.43 bits per heavy atom. The molecule has 1 fully saturated rings. The summed E-state index contributed by atoms with van der Waals surface area (Å²) in [6.45, 7) is 4.81. The average Bonchev–Trinajstić information content (AvgIpc) is 2.87. The fourth-order valence-corrected chi connectivity index (χ4v) is 2.98. The number of methoxy groups -OCH3 is 1. The maximum absolute atomic E-state index is 13.5. The van der Waals surface area contributed by atoms with Gasteiger partial charge in [0.2, 0.25) is 0 Å². The van der Waals surface area contributed by atoms with Gasteiger partial charge in [-0.15, -0.1) is 0 Å². The lowest BCUT2D eigenvalue weighted by atomic mass is 10.1. The highest BCUT2D eigenvalue weighted by molar-refractivity contribution is 5.99. The number of likely N-dealkylation sites (tertiary alicyclic amines) is 1. The van der Waals surface area contributed by atoms with Crippen LogP contribution >= 0.6 is 0 Å². The number of aromatic amines is 1. The Hall–Kier alpha value is -1.92. The molecule has 0 radical (unpaired) electrons. The van der Waals surface area contributed by atoms with Gasteiger partial charge in [0.25, 0.3) is 5.91 Å². The van der Waals surface area contributed by atoms with E-state index in [9.17, 15) is 9.18 Å². The zero-order valence-electron chi connectivity index (χ0n) is 13.7. The van der Waals surface area contributed by atoms with Crippen LogP contribution in [0.25, 0.3) is 10.9 Å². The van der Waals surface area contributed by atoms with E-state index in [1.165, 1.54) is 12.1 Å². The summed E-state index contributed by atoms with van der Waals surface area (Å²) in [5.41, 5.74) is 2.02. The van der Waals surface area contributed by atoms with E-state index in [1.807, 2.05) is 24.9 Å². The topological polar surface area (TPSA) is 48.6 Å². The van der Waals surface area contributed by atoms with E-state index >= 15 is 0 Å². The lowest BCUT2D eigenvalue weighted by molar-refractivity contribution is 0.0272. The number of nitrogens with zero attached hydrogens (tertiary/aromatic N) is 2. The molecule has 124 valence electrons. The van der Waals surface area contributed by atoms with E-state index in [0.29, 0.717) is 36.9 Å². The molecule has 0 bridgehead atoms. The van der Waals surface area contributed by atoms with Crippen LogP contribution in [0.5, 0.6) is 0 Å². The molecule has 1 aromatic carbocycles. The number of aryl methyl sites for hydroxylation is 1. The first-order valence-corrected chi connectivity index (χ1v) is 7.77. The van der Waals surface area contributed by atoms with Crippen LogP contribution in [-0.4, -0.2) is 67.1 Å². The summed E-state index contributed by atoms with van der Waals surface area (Å²) in [7, 11) is 3.73. The normalized spacial score (nSPS) is 15.4. The van der Waals surface area contributed by atoms with Gasteiger partial charge in [-0.2, -0.15) is 0 Å². The molecule has 5 nitrogen and oxygen atoms in total. The summed E-state index contributed by atoms with van der Waals surface area (Å²) >= 11 is 0. The van der Waals surface area contributed by atoms with Crippen LogP contribution in [0.2, 0.25) is 0 Å². The number of benzene rings is 1. The van der Waals surface area contributed by atoms with Gasteiger partial charge in [-0.25, -0.2) is 4.39 Å². The zero-order chi connectivity index (χ0) is 16.6. The van der Waals surface area contributed by atoms with Crippen LogP contribution in [0.1, 0.15) is 16.1 Å². The minimum absolute atomic E-state index is 0.0302. The third-order valence-electron chi connectivity index (χ3n) is 4.56. The van der Waals surface area contributed by atoms with Crippen molar-refractivity contribution in [2.24, 2.45) is 0 Å². The number of amides is 1. The fraction of sp³-hybridized carbons (Fsp3) is 0.471. The lowest BCUT2D eigenvalue weighted by Gasteiger charge is -2.43. The summed E-state index contributed by atoms with van der Waals surface area (Å²) < 4.78 is 18.5. The van der Waals surface area contributed by atoms with Crippen molar-refractivity contribution in [3.05, 3.63) is 35.3 Å². The van der Waals surface area contributed by atoms with E-state index in [2.05, 4.69) is 9.88 Å².